The summed E-state index contributed by atoms with van der Waals surface area (Å²) in [6.07, 6.45) is 3.18. The van der Waals surface area contributed by atoms with Gasteiger partial charge in [-0.2, -0.15) is 5.26 Å². The second-order valence-electron chi connectivity index (χ2n) is 1.78. The Morgan fingerprint density at radius 2 is 2.50 bits per heavy atom. The molecule has 0 saturated heterocycles. The van der Waals surface area contributed by atoms with Crippen LogP contribution in [0.1, 0.15) is 5.56 Å². The van der Waals surface area contributed by atoms with Crippen molar-refractivity contribution in [2.75, 3.05) is 12.4 Å². The van der Waals surface area contributed by atoms with E-state index < -0.39 is 0 Å². The van der Waals surface area contributed by atoms with Gasteiger partial charge in [-0.15, -0.1) is 0 Å². The quantitative estimate of drug-likeness (QED) is 0.621. The largest absolute Gasteiger partial charge is 0.387 e. The van der Waals surface area contributed by atoms with Gasteiger partial charge < -0.3 is 5.32 Å². The number of nitriles is 1. The van der Waals surface area contributed by atoms with E-state index in [4.69, 9.17) is 5.26 Å². The van der Waals surface area contributed by atoms with Gasteiger partial charge in [0.15, 0.2) is 0 Å². The van der Waals surface area contributed by atoms with E-state index in [2.05, 4.69) is 10.3 Å². The molecule has 0 aliphatic rings. The SMILES string of the molecule is CNc1ccncc1C#N. The van der Waals surface area contributed by atoms with Gasteiger partial charge in [-0.1, -0.05) is 0 Å². The van der Waals surface area contributed by atoms with E-state index in [-0.39, 0.29) is 0 Å². The second kappa shape index (κ2) is 2.83. The Bertz CT molecular complexity index is 262. The summed E-state index contributed by atoms with van der Waals surface area (Å²) in [6.45, 7) is 0. The van der Waals surface area contributed by atoms with Crippen LogP contribution in [0.25, 0.3) is 0 Å². The van der Waals surface area contributed by atoms with Crippen molar-refractivity contribution in [3.8, 4) is 6.07 Å². The number of hydrogen-bond donors (Lipinski definition) is 1. The zero-order chi connectivity index (χ0) is 7.40. The molecule has 0 amide bonds. The van der Waals surface area contributed by atoms with E-state index >= 15 is 0 Å². The van der Waals surface area contributed by atoms with Crippen LogP contribution in [0.15, 0.2) is 18.5 Å². The Balaban J connectivity index is 3.12. The molecule has 1 N–H and O–H groups in total. The van der Waals surface area contributed by atoms with Crippen LogP contribution in [0.4, 0.5) is 5.69 Å². The van der Waals surface area contributed by atoms with Gasteiger partial charge in [0, 0.05) is 19.4 Å². The molecule has 50 valence electrons. The monoisotopic (exact) mass is 133 g/mol. The highest BCUT2D eigenvalue weighted by Gasteiger charge is 1.95. The van der Waals surface area contributed by atoms with Crippen molar-refractivity contribution in [3.63, 3.8) is 0 Å². The van der Waals surface area contributed by atoms with Crippen LogP contribution in [0.5, 0.6) is 0 Å². The number of nitrogens with zero attached hydrogens (tertiary/aromatic N) is 2. The third-order valence-electron chi connectivity index (χ3n) is 1.21. The summed E-state index contributed by atoms with van der Waals surface area (Å²) < 4.78 is 0. The normalized spacial score (nSPS) is 8.40. The lowest BCUT2D eigenvalue weighted by Gasteiger charge is -1.98. The fourth-order valence-corrected chi connectivity index (χ4v) is 0.702. The van der Waals surface area contributed by atoms with Crippen LogP contribution >= 0.6 is 0 Å². The molecule has 1 heterocycles. The zero-order valence-corrected chi connectivity index (χ0v) is 5.63. The van der Waals surface area contributed by atoms with Crippen LogP contribution in [0.2, 0.25) is 0 Å². The lowest BCUT2D eigenvalue weighted by Crippen LogP contribution is -1.91. The Kier molecular flexibility index (Phi) is 1.86. The van der Waals surface area contributed by atoms with Gasteiger partial charge in [0.25, 0.3) is 0 Å². The molecule has 0 spiro atoms. The molecule has 1 rings (SSSR count). The second-order valence-corrected chi connectivity index (χ2v) is 1.78. The highest BCUT2D eigenvalue weighted by Crippen LogP contribution is 2.09. The molecule has 3 heteroatoms. The fraction of sp³-hybridized carbons (Fsp3) is 0.143. The summed E-state index contributed by atoms with van der Waals surface area (Å²) >= 11 is 0. The minimum atomic E-state index is 0.574. The van der Waals surface area contributed by atoms with Crippen molar-refractivity contribution < 1.29 is 0 Å². The third-order valence-corrected chi connectivity index (χ3v) is 1.21. The minimum Gasteiger partial charge on any atom is -0.387 e. The molecular formula is C7H7N3. The van der Waals surface area contributed by atoms with Crippen LogP contribution < -0.4 is 5.32 Å². The molecule has 0 aliphatic heterocycles. The van der Waals surface area contributed by atoms with Crippen LogP contribution in [-0.4, -0.2) is 12.0 Å². The molecule has 0 saturated carbocycles. The van der Waals surface area contributed by atoms with Gasteiger partial charge in [-0.25, -0.2) is 0 Å². The highest BCUT2D eigenvalue weighted by molar-refractivity contribution is 5.54. The number of aromatic nitrogens is 1. The lowest BCUT2D eigenvalue weighted by atomic mass is 10.2. The molecule has 1 aromatic rings. The van der Waals surface area contributed by atoms with E-state index in [0.29, 0.717) is 5.56 Å². The Morgan fingerprint density at radius 1 is 1.70 bits per heavy atom. The van der Waals surface area contributed by atoms with Crippen molar-refractivity contribution in [1.29, 1.82) is 5.26 Å². The molecule has 0 aromatic carbocycles. The van der Waals surface area contributed by atoms with Gasteiger partial charge >= 0.3 is 0 Å². The average Bonchev–Trinajstić information content (AvgIpc) is 2.04. The average molecular weight is 133 g/mol. The summed E-state index contributed by atoms with van der Waals surface area (Å²) in [4.78, 5) is 3.80. The summed E-state index contributed by atoms with van der Waals surface area (Å²) in [7, 11) is 1.77. The molecule has 3 nitrogen and oxygen atoms in total. The number of pyridine rings is 1. The summed E-state index contributed by atoms with van der Waals surface area (Å²) in [5, 5.41) is 11.4. The summed E-state index contributed by atoms with van der Waals surface area (Å²) in [6, 6.07) is 3.78. The number of anilines is 1. The maximum absolute atomic E-state index is 8.52. The van der Waals surface area contributed by atoms with Crippen molar-refractivity contribution in [1.82, 2.24) is 4.98 Å². The highest BCUT2D eigenvalue weighted by atomic mass is 14.8. The van der Waals surface area contributed by atoms with Gasteiger partial charge in [0.05, 0.1) is 11.3 Å². The fourth-order valence-electron chi connectivity index (χ4n) is 0.702. The van der Waals surface area contributed by atoms with Gasteiger partial charge in [-0.3, -0.25) is 4.98 Å². The van der Waals surface area contributed by atoms with E-state index in [1.807, 2.05) is 6.07 Å². The molecule has 0 atom stereocenters. The maximum Gasteiger partial charge on any atom is 0.103 e. The van der Waals surface area contributed by atoms with Crippen molar-refractivity contribution in [2.24, 2.45) is 0 Å². The molecule has 0 unspecified atom stereocenters. The van der Waals surface area contributed by atoms with Crippen molar-refractivity contribution >= 4 is 5.69 Å². The molecule has 0 aliphatic carbocycles. The van der Waals surface area contributed by atoms with Crippen molar-refractivity contribution in [2.45, 2.75) is 0 Å². The predicted octanol–water partition coefficient (Wildman–Crippen LogP) is 0.995. The number of hydrogen-bond acceptors (Lipinski definition) is 3. The van der Waals surface area contributed by atoms with Crippen LogP contribution in [0, 0.1) is 11.3 Å². The standard InChI is InChI=1S/C7H7N3/c1-9-7-2-3-10-5-6(7)4-8/h2-3,5H,1H3,(H,9,10). The first-order chi connectivity index (χ1) is 4.88. The lowest BCUT2D eigenvalue weighted by molar-refractivity contribution is 1.29. The molecule has 1 aromatic heterocycles. The summed E-state index contributed by atoms with van der Waals surface area (Å²) in [5.74, 6) is 0. The Morgan fingerprint density at radius 3 is 3.00 bits per heavy atom. The smallest absolute Gasteiger partial charge is 0.103 e. The van der Waals surface area contributed by atoms with E-state index in [1.54, 1.807) is 19.3 Å². The van der Waals surface area contributed by atoms with Gasteiger partial charge in [0.1, 0.15) is 6.07 Å². The number of rotatable bonds is 1. The summed E-state index contributed by atoms with van der Waals surface area (Å²) in [5.41, 5.74) is 1.39. The first kappa shape index (κ1) is 6.56. The van der Waals surface area contributed by atoms with Crippen LogP contribution in [0.3, 0.4) is 0 Å². The zero-order valence-electron chi connectivity index (χ0n) is 5.63. The topological polar surface area (TPSA) is 48.7 Å². The first-order valence-electron chi connectivity index (χ1n) is 2.90. The number of nitrogens with one attached hydrogen (secondary N) is 1. The van der Waals surface area contributed by atoms with Crippen LogP contribution in [-0.2, 0) is 0 Å². The molecule has 10 heavy (non-hydrogen) atoms. The Labute approximate surface area is 59.3 Å². The first-order valence-corrected chi connectivity index (χ1v) is 2.90. The van der Waals surface area contributed by atoms with E-state index in [1.165, 1.54) is 6.20 Å². The maximum atomic E-state index is 8.52. The van der Waals surface area contributed by atoms with Gasteiger partial charge in [-0.05, 0) is 6.07 Å². The molecular weight excluding hydrogens is 126 g/mol. The van der Waals surface area contributed by atoms with Crippen molar-refractivity contribution in [3.05, 3.63) is 24.0 Å². The molecule has 0 fully saturated rings. The Hall–Kier alpha value is -1.56. The minimum absolute atomic E-state index is 0.574. The van der Waals surface area contributed by atoms with Gasteiger partial charge in [0.2, 0.25) is 0 Å². The molecule has 0 radical (unpaired) electrons. The predicted molar refractivity (Wildman–Crippen MR) is 38.5 cm³/mol. The van der Waals surface area contributed by atoms with E-state index in [9.17, 15) is 0 Å². The third kappa shape index (κ3) is 1.06. The molecule has 0 bridgehead atoms. The van der Waals surface area contributed by atoms with E-state index in [0.717, 1.165) is 5.69 Å².